The number of esters is 1. The number of hydrogen-bond acceptors (Lipinski definition) is 6. The molecule has 0 spiro atoms. The third-order valence-corrected chi connectivity index (χ3v) is 5.09. The lowest BCUT2D eigenvalue weighted by Crippen LogP contribution is -2.39. The molecule has 2 heterocycles. The van der Waals surface area contributed by atoms with Crippen molar-refractivity contribution in [3.63, 3.8) is 0 Å². The molecule has 7 nitrogen and oxygen atoms in total. The summed E-state index contributed by atoms with van der Waals surface area (Å²) in [6, 6.07) is 14.1. The predicted molar refractivity (Wildman–Crippen MR) is 111 cm³/mol. The second kappa shape index (κ2) is 8.02. The second-order valence-corrected chi connectivity index (χ2v) is 7.20. The van der Waals surface area contributed by atoms with Crippen LogP contribution in [-0.2, 0) is 20.7 Å². The number of carbonyl (C=O) groups excluding carboxylic acids is 2. The highest BCUT2D eigenvalue weighted by atomic mass is 16.6. The van der Waals surface area contributed by atoms with E-state index >= 15 is 0 Å². The summed E-state index contributed by atoms with van der Waals surface area (Å²) in [5, 5.41) is 0.787. The van der Waals surface area contributed by atoms with Crippen molar-refractivity contribution in [3.8, 4) is 5.75 Å². The number of benzene rings is 2. The summed E-state index contributed by atoms with van der Waals surface area (Å²) in [6.07, 6.45) is -0.145. The number of anilines is 1. The molecule has 1 aromatic heterocycles. The van der Waals surface area contributed by atoms with Gasteiger partial charge in [-0.2, -0.15) is 0 Å². The Kier molecular flexibility index (Phi) is 5.27. The molecule has 1 aliphatic rings. The number of aryl methyl sites for hydroxylation is 1. The Bertz CT molecular complexity index is 1180. The van der Waals surface area contributed by atoms with Crippen molar-refractivity contribution in [3.05, 3.63) is 70.1 Å². The number of para-hydroxylation sites is 1. The molecule has 0 fully saturated rings. The van der Waals surface area contributed by atoms with Crippen molar-refractivity contribution in [2.24, 2.45) is 0 Å². The van der Waals surface area contributed by atoms with Crippen molar-refractivity contribution < 1.29 is 23.5 Å². The van der Waals surface area contributed by atoms with Gasteiger partial charge in [-0.15, -0.1) is 0 Å². The van der Waals surface area contributed by atoms with Gasteiger partial charge in [0.05, 0.1) is 0 Å². The van der Waals surface area contributed by atoms with Crippen LogP contribution in [0.15, 0.2) is 57.7 Å². The normalized spacial score (nSPS) is 13.7. The van der Waals surface area contributed by atoms with Crippen LogP contribution < -0.4 is 15.3 Å². The fourth-order valence-electron chi connectivity index (χ4n) is 3.61. The predicted octanol–water partition coefficient (Wildman–Crippen LogP) is 3.00. The first kappa shape index (κ1) is 19.7. The van der Waals surface area contributed by atoms with E-state index in [0.717, 1.165) is 28.6 Å². The minimum atomic E-state index is -0.926. The third kappa shape index (κ3) is 3.91. The molecule has 2 aromatic carbocycles. The van der Waals surface area contributed by atoms with Gasteiger partial charge in [-0.3, -0.25) is 4.79 Å². The summed E-state index contributed by atoms with van der Waals surface area (Å²) >= 11 is 0. The molecule has 0 saturated heterocycles. The van der Waals surface area contributed by atoms with Crippen LogP contribution in [0, 0.1) is 6.92 Å². The monoisotopic (exact) mass is 407 g/mol. The zero-order valence-corrected chi connectivity index (χ0v) is 16.7. The standard InChI is InChI=1S/C23H21NO6/c1-14-11-21(25)30-20-12-17(7-8-18(14)20)28-13-22(26)29-15(2)23(27)24-10-9-16-5-3-4-6-19(16)24/h3-8,11-12,15H,9-10,13H2,1-2H3/t15-/m1/s1. The van der Waals surface area contributed by atoms with Crippen LogP contribution in [0.25, 0.3) is 11.0 Å². The van der Waals surface area contributed by atoms with Crippen LogP contribution in [0.5, 0.6) is 5.75 Å². The van der Waals surface area contributed by atoms with Crippen molar-refractivity contribution in [2.75, 3.05) is 18.1 Å². The molecule has 0 N–H and O–H groups in total. The van der Waals surface area contributed by atoms with E-state index in [1.165, 1.54) is 6.07 Å². The van der Waals surface area contributed by atoms with Crippen molar-refractivity contribution in [1.29, 1.82) is 0 Å². The van der Waals surface area contributed by atoms with Crippen LogP contribution in [0.2, 0.25) is 0 Å². The van der Waals surface area contributed by atoms with E-state index in [1.807, 2.05) is 31.2 Å². The van der Waals surface area contributed by atoms with E-state index in [-0.39, 0.29) is 12.5 Å². The highest BCUT2D eigenvalue weighted by Crippen LogP contribution is 2.28. The number of amides is 1. The summed E-state index contributed by atoms with van der Waals surface area (Å²) in [6.45, 7) is 3.57. The lowest BCUT2D eigenvalue weighted by Gasteiger charge is -2.21. The Morgan fingerprint density at radius 1 is 1.17 bits per heavy atom. The van der Waals surface area contributed by atoms with Gasteiger partial charge in [-0.25, -0.2) is 9.59 Å². The Morgan fingerprint density at radius 2 is 1.97 bits per heavy atom. The van der Waals surface area contributed by atoms with Crippen LogP contribution >= 0.6 is 0 Å². The van der Waals surface area contributed by atoms with E-state index < -0.39 is 17.7 Å². The maximum Gasteiger partial charge on any atom is 0.344 e. The largest absolute Gasteiger partial charge is 0.482 e. The van der Waals surface area contributed by atoms with Gasteiger partial charge in [-0.05, 0) is 49.6 Å². The zero-order valence-electron chi connectivity index (χ0n) is 16.7. The zero-order chi connectivity index (χ0) is 21.3. The SMILES string of the molecule is Cc1cc(=O)oc2cc(OCC(=O)O[C@H](C)C(=O)N3CCc4ccccc43)ccc12. The lowest BCUT2D eigenvalue weighted by molar-refractivity contribution is -0.155. The fraction of sp³-hybridized carbons (Fsp3) is 0.261. The van der Waals surface area contributed by atoms with Gasteiger partial charge in [0.2, 0.25) is 0 Å². The molecule has 0 aliphatic carbocycles. The minimum Gasteiger partial charge on any atom is -0.482 e. The summed E-state index contributed by atoms with van der Waals surface area (Å²) in [7, 11) is 0. The van der Waals surface area contributed by atoms with Crippen LogP contribution in [0.3, 0.4) is 0 Å². The molecule has 1 aliphatic heterocycles. The second-order valence-electron chi connectivity index (χ2n) is 7.20. The average Bonchev–Trinajstić information content (AvgIpc) is 3.15. The number of rotatable bonds is 5. The molecule has 3 aromatic rings. The first-order valence-corrected chi connectivity index (χ1v) is 9.68. The van der Waals surface area contributed by atoms with E-state index in [4.69, 9.17) is 13.9 Å². The Morgan fingerprint density at radius 3 is 2.80 bits per heavy atom. The van der Waals surface area contributed by atoms with E-state index in [2.05, 4.69) is 0 Å². The molecule has 154 valence electrons. The summed E-state index contributed by atoms with van der Waals surface area (Å²) < 4.78 is 15.9. The summed E-state index contributed by atoms with van der Waals surface area (Å²) in [5.74, 6) is -0.564. The minimum absolute atomic E-state index is 0.267. The van der Waals surface area contributed by atoms with Crippen molar-refractivity contribution in [2.45, 2.75) is 26.4 Å². The highest BCUT2D eigenvalue weighted by molar-refractivity contribution is 5.99. The van der Waals surface area contributed by atoms with E-state index in [0.29, 0.717) is 17.9 Å². The molecule has 1 atom stereocenters. The third-order valence-electron chi connectivity index (χ3n) is 5.09. The molecule has 0 bridgehead atoms. The summed E-state index contributed by atoms with van der Waals surface area (Å²) in [4.78, 5) is 38.0. The van der Waals surface area contributed by atoms with Gasteiger partial charge in [0, 0.05) is 29.8 Å². The fourth-order valence-corrected chi connectivity index (χ4v) is 3.61. The molecule has 0 unspecified atom stereocenters. The van der Waals surface area contributed by atoms with Gasteiger partial charge >= 0.3 is 11.6 Å². The van der Waals surface area contributed by atoms with Crippen LogP contribution in [0.4, 0.5) is 5.69 Å². The first-order chi connectivity index (χ1) is 14.4. The molecule has 1 amide bonds. The van der Waals surface area contributed by atoms with E-state index in [1.54, 1.807) is 30.0 Å². The molecular formula is C23H21NO6. The summed E-state index contributed by atoms with van der Waals surface area (Å²) in [5.41, 5.74) is 2.68. The number of nitrogens with zero attached hydrogens (tertiary/aromatic N) is 1. The maximum atomic E-state index is 12.7. The van der Waals surface area contributed by atoms with Gasteiger partial charge in [-0.1, -0.05) is 18.2 Å². The Balaban J connectivity index is 1.36. The number of hydrogen-bond donors (Lipinski definition) is 0. The number of fused-ring (bicyclic) bond motifs is 2. The molecular weight excluding hydrogens is 386 g/mol. The average molecular weight is 407 g/mol. The van der Waals surface area contributed by atoms with E-state index in [9.17, 15) is 14.4 Å². The smallest absolute Gasteiger partial charge is 0.344 e. The highest BCUT2D eigenvalue weighted by Gasteiger charge is 2.29. The molecule has 7 heteroatoms. The molecule has 0 radical (unpaired) electrons. The first-order valence-electron chi connectivity index (χ1n) is 9.68. The van der Waals surface area contributed by atoms with Gasteiger partial charge in [0.25, 0.3) is 5.91 Å². The molecule has 4 rings (SSSR count). The van der Waals surface area contributed by atoms with Crippen LogP contribution in [0.1, 0.15) is 18.1 Å². The topological polar surface area (TPSA) is 86.0 Å². The lowest BCUT2D eigenvalue weighted by atomic mass is 10.1. The van der Waals surface area contributed by atoms with Crippen molar-refractivity contribution >= 4 is 28.5 Å². The Labute approximate surface area is 172 Å². The van der Waals surface area contributed by atoms with Crippen LogP contribution in [-0.4, -0.2) is 31.1 Å². The van der Waals surface area contributed by atoms with Gasteiger partial charge in [0.15, 0.2) is 12.7 Å². The Hall–Kier alpha value is -3.61. The maximum absolute atomic E-state index is 12.7. The quantitative estimate of drug-likeness (QED) is 0.477. The van der Waals surface area contributed by atoms with Gasteiger partial charge in [0.1, 0.15) is 11.3 Å². The molecule has 0 saturated carbocycles. The number of carbonyl (C=O) groups is 2. The van der Waals surface area contributed by atoms with Crippen molar-refractivity contribution in [1.82, 2.24) is 0 Å². The molecule has 30 heavy (non-hydrogen) atoms. The number of ether oxygens (including phenoxy) is 2. The van der Waals surface area contributed by atoms with Gasteiger partial charge < -0.3 is 18.8 Å².